The maximum Gasteiger partial charge on any atom is 0.318 e. The number of benzene rings is 1. The van der Waals surface area contributed by atoms with E-state index in [1.54, 1.807) is 6.07 Å². The minimum absolute atomic E-state index is 0.00201. The SMILES string of the molecule is Nc1cc(Cl)nc(-c2ccc3c(c2)ncn3C2CCCCC2)c1[N+](=O)[O-]. The Morgan fingerprint density at radius 3 is 2.73 bits per heavy atom. The lowest BCUT2D eigenvalue weighted by Gasteiger charge is -2.23. The summed E-state index contributed by atoms with van der Waals surface area (Å²) in [6.07, 6.45) is 7.94. The highest BCUT2D eigenvalue weighted by atomic mass is 35.5. The van der Waals surface area contributed by atoms with Crippen LogP contribution in [0.3, 0.4) is 0 Å². The molecule has 1 aliphatic carbocycles. The summed E-state index contributed by atoms with van der Waals surface area (Å²) in [5, 5.41) is 11.5. The van der Waals surface area contributed by atoms with Gasteiger partial charge in [-0.3, -0.25) is 10.1 Å². The molecule has 2 heterocycles. The predicted octanol–water partition coefficient (Wildman–Crippen LogP) is 4.75. The van der Waals surface area contributed by atoms with Crippen molar-refractivity contribution < 1.29 is 4.92 Å². The van der Waals surface area contributed by atoms with Gasteiger partial charge in [0, 0.05) is 17.7 Å². The van der Waals surface area contributed by atoms with Crippen molar-refractivity contribution in [3.63, 3.8) is 0 Å². The summed E-state index contributed by atoms with van der Waals surface area (Å²) in [6, 6.07) is 7.32. The van der Waals surface area contributed by atoms with Crippen LogP contribution in [0, 0.1) is 10.1 Å². The highest BCUT2D eigenvalue weighted by molar-refractivity contribution is 6.30. The zero-order chi connectivity index (χ0) is 18.3. The lowest BCUT2D eigenvalue weighted by atomic mass is 9.95. The van der Waals surface area contributed by atoms with Gasteiger partial charge in [-0.15, -0.1) is 0 Å². The first-order valence-electron chi connectivity index (χ1n) is 8.62. The largest absolute Gasteiger partial charge is 0.393 e. The average molecular weight is 372 g/mol. The Bertz CT molecular complexity index is 995. The summed E-state index contributed by atoms with van der Waals surface area (Å²) in [6.45, 7) is 0. The molecular formula is C18H18ClN5O2. The molecule has 0 atom stereocenters. The smallest absolute Gasteiger partial charge is 0.318 e. The van der Waals surface area contributed by atoms with E-state index in [1.165, 1.54) is 25.3 Å². The molecule has 0 spiro atoms. The average Bonchev–Trinajstić information content (AvgIpc) is 3.04. The molecular weight excluding hydrogens is 354 g/mol. The Labute approximate surface area is 155 Å². The molecule has 0 amide bonds. The molecule has 3 aromatic rings. The number of halogens is 1. The molecule has 0 saturated heterocycles. The van der Waals surface area contributed by atoms with Crippen LogP contribution in [0.5, 0.6) is 0 Å². The topological polar surface area (TPSA) is 99.9 Å². The van der Waals surface area contributed by atoms with Crippen molar-refractivity contribution in [2.45, 2.75) is 38.1 Å². The van der Waals surface area contributed by atoms with Crippen LogP contribution < -0.4 is 5.73 Å². The third-order valence-electron chi connectivity index (χ3n) is 4.99. The van der Waals surface area contributed by atoms with E-state index in [-0.39, 0.29) is 22.2 Å². The Hall–Kier alpha value is -2.67. The van der Waals surface area contributed by atoms with Crippen LogP contribution in [-0.2, 0) is 0 Å². The van der Waals surface area contributed by atoms with Crippen molar-refractivity contribution in [2.24, 2.45) is 0 Å². The molecule has 1 aromatic carbocycles. The van der Waals surface area contributed by atoms with Gasteiger partial charge in [-0.25, -0.2) is 9.97 Å². The standard InChI is InChI=1S/C18H18ClN5O2/c19-16-9-13(20)18(24(25)26)17(22-16)11-6-7-15-14(8-11)21-10-23(15)12-4-2-1-3-5-12/h6-10,12H,1-5H2,(H2,20,22). The first-order chi connectivity index (χ1) is 12.5. The van der Waals surface area contributed by atoms with Crippen molar-refractivity contribution in [3.05, 3.63) is 45.9 Å². The highest BCUT2D eigenvalue weighted by Crippen LogP contribution is 2.37. The van der Waals surface area contributed by atoms with Crippen LogP contribution in [-0.4, -0.2) is 19.5 Å². The number of nitrogens with two attached hydrogens (primary N) is 1. The molecule has 7 nitrogen and oxygen atoms in total. The fourth-order valence-corrected chi connectivity index (χ4v) is 3.95. The number of hydrogen-bond donors (Lipinski definition) is 1. The number of pyridine rings is 1. The van der Waals surface area contributed by atoms with Crippen LogP contribution in [0.4, 0.5) is 11.4 Å². The van der Waals surface area contributed by atoms with Gasteiger partial charge < -0.3 is 10.3 Å². The van der Waals surface area contributed by atoms with E-state index < -0.39 is 4.92 Å². The van der Waals surface area contributed by atoms with E-state index in [2.05, 4.69) is 14.5 Å². The first kappa shape index (κ1) is 16.8. The van der Waals surface area contributed by atoms with E-state index in [0.717, 1.165) is 23.9 Å². The molecule has 8 heteroatoms. The van der Waals surface area contributed by atoms with Gasteiger partial charge in [0.05, 0.1) is 22.3 Å². The molecule has 0 aliphatic heterocycles. The lowest BCUT2D eigenvalue weighted by molar-refractivity contribution is -0.383. The van der Waals surface area contributed by atoms with Crippen LogP contribution in [0.15, 0.2) is 30.6 Å². The molecule has 1 fully saturated rings. The minimum atomic E-state index is -0.529. The number of hydrogen-bond acceptors (Lipinski definition) is 5. The Morgan fingerprint density at radius 2 is 2.00 bits per heavy atom. The molecule has 2 aromatic heterocycles. The summed E-state index contributed by atoms with van der Waals surface area (Å²) >= 11 is 5.97. The number of fused-ring (bicyclic) bond motifs is 1. The molecule has 26 heavy (non-hydrogen) atoms. The van der Waals surface area contributed by atoms with E-state index in [0.29, 0.717) is 11.6 Å². The van der Waals surface area contributed by atoms with Gasteiger partial charge in [-0.2, -0.15) is 0 Å². The molecule has 0 unspecified atom stereocenters. The Kier molecular flexibility index (Phi) is 4.24. The van der Waals surface area contributed by atoms with E-state index in [9.17, 15) is 10.1 Å². The number of nitro groups is 1. The van der Waals surface area contributed by atoms with Crippen LogP contribution >= 0.6 is 11.6 Å². The second kappa shape index (κ2) is 6.57. The van der Waals surface area contributed by atoms with E-state index in [1.807, 2.05) is 18.5 Å². The fraction of sp³-hybridized carbons (Fsp3) is 0.333. The molecule has 0 radical (unpaired) electrons. The lowest BCUT2D eigenvalue weighted by Crippen LogP contribution is -2.11. The number of rotatable bonds is 3. The normalized spacial score (nSPS) is 15.4. The van der Waals surface area contributed by atoms with Gasteiger partial charge in [0.15, 0.2) is 5.69 Å². The van der Waals surface area contributed by atoms with E-state index >= 15 is 0 Å². The first-order valence-corrected chi connectivity index (χ1v) is 9.00. The van der Waals surface area contributed by atoms with Gasteiger partial charge in [-0.1, -0.05) is 36.9 Å². The Morgan fingerprint density at radius 1 is 1.23 bits per heavy atom. The predicted molar refractivity (Wildman–Crippen MR) is 101 cm³/mol. The summed E-state index contributed by atoms with van der Waals surface area (Å²) in [4.78, 5) is 19.5. The highest BCUT2D eigenvalue weighted by Gasteiger charge is 2.23. The van der Waals surface area contributed by atoms with E-state index in [4.69, 9.17) is 17.3 Å². The zero-order valence-electron chi connectivity index (χ0n) is 14.1. The number of nitrogens with zero attached hydrogens (tertiary/aromatic N) is 4. The van der Waals surface area contributed by atoms with Gasteiger partial charge in [0.25, 0.3) is 0 Å². The molecule has 1 aliphatic rings. The van der Waals surface area contributed by atoms with Crippen LogP contribution in [0.1, 0.15) is 38.1 Å². The summed E-state index contributed by atoms with van der Waals surface area (Å²) < 4.78 is 2.21. The van der Waals surface area contributed by atoms with Crippen LogP contribution in [0.2, 0.25) is 5.15 Å². The molecule has 0 bridgehead atoms. The number of anilines is 1. The van der Waals surface area contributed by atoms with Crippen molar-refractivity contribution in [3.8, 4) is 11.3 Å². The minimum Gasteiger partial charge on any atom is -0.393 e. The van der Waals surface area contributed by atoms with Gasteiger partial charge in [0.2, 0.25) is 0 Å². The number of aromatic nitrogens is 3. The van der Waals surface area contributed by atoms with Crippen molar-refractivity contribution in [2.75, 3.05) is 5.73 Å². The monoisotopic (exact) mass is 371 g/mol. The van der Waals surface area contributed by atoms with Gasteiger partial charge in [0.1, 0.15) is 10.8 Å². The van der Waals surface area contributed by atoms with Crippen molar-refractivity contribution in [1.82, 2.24) is 14.5 Å². The second-order valence-corrected chi connectivity index (χ2v) is 7.02. The summed E-state index contributed by atoms with van der Waals surface area (Å²) in [7, 11) is 0. The number of imidazole rings is 1. The van der Waals surface area contributed by atoms with Gasteiger partial charge >= 0.3 is 5.69 Å². The Balaban J connectivity index is 1.81. The fourth-order valence-electron chi connectivity index (χ4n) is 3.75. The molecule has 1 saturated carbocycles. The van der Waals surface area contributed by atoms with Crippen molar-refractivity contribution >= 4 is 34.0 Å². The van der Waals surface area contributed by atoms with Crippen LogP contribution in [0.25, 0.3) is 22.3 Å². The second-order valence-electron chi connectivity index (χ2n) is 6.64. The molecule has 134 valence electrons. The maximum atomic E-state index is 11.4. The summed E-state index contributed by atoms with van der Waals surface area (Å²) in [5.74, 6) is 0. The quantitative estimate of drug-likeness (QED) is 0.407. The third-order valence-corrected chi connectivity index (χ3v) is 5.18. The zero-order valence-corrected chi connectivity index (χ0v) is 14.8. The molecule has 4 rings (SSSR count). The third kappa shape index (κ3) is 2.88. The van der Waals surface area contributed by atoms with Gasteiger partial charge in [-0.05, 0) is 25.0 Å². The molecule has 2 N–H and O–H groups in total. The number of nitrogen functional groups attached to an aromatic ring is 1. The van der Waals surface area contributed by atoms with Crippen molar-refractivity contribution in [1.29, 1.82) is 0 Å². The maximum absolute atomic E-state index is 11.4. The summed E-state index contributed by atoms with van der Waals surface area (Å²) in [5.41, 5.74) is 8.10.